The van der Waals surface area contributed by atoms with Crippen molar-refractivity contribution in [1.29, 1.82) is 0 Å². The molecule has 0 nitrogen and oxygen atoms in total. The molecule has 0 amide bonds. The van der Waals surface area contributed by atoms with Crippen LogP contribution in [-0.2, 0) is 0 Å². The minimum absolute atomic E-state index is 0.610. The summed E-state index contributed by atoms with van der Waals surface area (Å²) in [4.78, 5) is 0. The van der Waals surface area contributed by atoms with E-state index in [9.17, 15) is 0 Å². The van der Waals surface area contributed by atoms with Gasteiger partial charge in [-0.2, -0.15) is 0 Å². The number of hydrogen-bond acceptors (Lipinski definition) is 0. The van der Waals surface area contributed by atoms with Crippen molar-refractivity contribution in [2.45, 2.75) is 69.2 Å². The topological polar surface area (TPSA) is 0 Å². The van der Waals surface area contributed by atoms with E-state index in [0.717, 1.165) is 0 Å². The molecule has 0 saturated heterocycles. The van der Waals surface area contributed by atoms with Crippen molar-refractivity contribution in [3.63, 3.8) is 0 Å². The van der Waals surface area contributed by atoms with Crippen LogP contribution in [0.5, 0.6) is 0 Å². The maximum atomic E-state index is 2.33. The maximum absolute atomic E-state index is 2.33. The first-order valence-electron chi connectivity index (χ1n) is 7.52. The highest BCUT2D eigenvalue weighted by Crippen LogP contribution is 2.35. The molecule has 0 aromatic carbocycles. The molecule has 0 unspecified atom stereocenters. The second kappa shape index (κ2) is 7.16. The Bertz CT molecular complexity index is 288. The van der Waals surface area contributed by atoms with E-state index in [1.165, 1.54) is 0 Å². The van der Waals surface area contributed by atoms with E-state index in [2.05, 4.69) is 69.2 Å². The van der Waals surface area contributed by atoms with Crippen LogP contribution in [0.2, 0.25) is 0 Å². The Labute approximate surface area is 116 Å². The Morgan fingerprint density at radius 3 is 0.778 bits per heavy atom. The normalized spacial score (nSPS) is 15.7. The van der Waals surface area contributed by atoms with Crippen molar-refractivity contribution in [1.82, 2.24) is 0 Å². The highest BCUT2D eigenvalue weighted by atomic mass is 14.3. The SMILES string of the molecule is CC(=C(C(=C(C)C(C)C)C(C)C)C(C)C)C(C)C. The molecule has 0 bridgehead atoms. The molecule has 0 rings (SSSR count). The fourth-order valence-corrected chi connectivity index (χ4v) is 2.58. The van der Waals surface area contributed by atoms with Crippen molar-refractivity contribution in [3.05, 3.63) is 22.3 Å². The van der Waals surface area contributed by atoms with Crippen molar-refractivity contribution >= 4 is 0 Å². The summed E-state index contributed by atoms with van der Waals surface area (Å²) in [6, 6.07) is 0. The van der Waals surface area contributed by atoms with Crippen molar-refractivity contribution in [3.8, 4) is 0 Å². The molecule has 0 heteroatoms. The number of hydrogen-bond donors (Lipinski definition) is 0. The van der Waals surface area contributed by atoms with Gasteiger partial charge in [-0.05, 0) is 48.7 Å². The molecule has 0 spiro atoms. The fraction of sp³-hybridized carbons (Fsp3) is 0.778. The van der Waals surface area contributed by atoms with Gasteiger partial charge in [0.2, 0.25) is 0 Å². The lowest BCUT2D eigenvalue weighted by molar-refractivity contribution is 0.634. The molecule has 0 atom stereocenters. The second-order valence-electron chi connectivity index (χ2n) is 6.81. The van der Waals surface area contributed by atoms with Gasteiger partial charge in [-0.1, -0.05) is 66.5 Å². The molecule has 0 aromatic heterocycles. The quantitative estimate of drug-likeness (QED) is 0.506. The van der Waals surface area contributed by atoms with Gasteiger partial charge in [-0.25, -0.2) is 0 Å². The average molecular weight is 250 g/mol. The first kappa shape index (κ1) is 17.5. The minimum Gasteiger partial charge on any atom is -0.0670 e. The summed E-state index contributed by atoms with van der Waals surface area (Å²) in [5.74, 6) is 2.49. The minimum atomic E-state index is 0.610. The summed E-state index contributed by atoms with van der Waals surface area (Å²) in [5, 5.41) is 0. The van der Waals surface area contributed by atoms with E-state index in [-0.39, 0.29) is 0 Å². The monoisotopic (exact) mass is 250 g/mol. The first-order valence-corrected chi connectivity index (χ1v) is 7.52. The molecule has 0 aromatic rings. The molecular weight excluding hydrogens is 216 g/mol. The van der Waals surface area contributed by atoms with Crippen LogP contribution in [0, 0.1) is 23.7 Å². The third-order valence-electron chi connectivity index (χ3n) is 4.03. The van der Waals surface area contributed by atoms with E-state index in [0.29, 0.717) is 23.7 Å². The molecule has 0 saturated carbocycles. The molecule has 18 heavy (non-hydrogen) atoms. The molecule has 0 aliphatic rings. The molecule has 0 N–H and O–H groups in total. The van der Waals surface area contributed by atoms with E-state index in [1.54, 1.807) is 22.3 Å². The van der Waals surface area contributed by atoms with E-state index < -0.39 is 0 Å². The van der Waals surface area contributed by atoms with Crippen molar-refractivity contribution < 1.29 is 0 Å². The second-order valence-corrected chi connectivity index (χ2v) is 6.81. The van der Waals surface area contributed by atoms with Crippen LogP contribution in [0.15, 0.2) is 22.3 Å². The summed E-state index contributed by atoms with van der Waals surface area (Å²) in [6.45, 7) is 23.2. The van der Waals surface area contributed by atoms with E-state index in [1.807, 2.05) is 0 Å². The smallest absolute Gasteiger partial charge is 0.0216 e. The third-order valence-corrected chi connectivity index (χ3v) is 4.03. The molecule has 0 radical (unpaired) electrons. The highest BCUT2D eigenvalue weighted by Gasteiger charge is 2.20. The highest BCUT2D eigenvalue weighted by molar-refractivity contribution is 5.41. The number of allylic oxidation sites excluding steroid dienone is 4. The molecule has 0 heterocycles. The Kier molecular flexibility index (Phi) is 6.96. The van der Waals surface area contributed by atoms with Crippen LogP contribution in [-0.4, -0.2) is 0 Å². The third kappa shape index (κ3) is 4.30. The van der Waals surface area contributed by atoms with Crippen LogP contribution in [0.1, 0.15) is 69.2 Å². The summed E-state index contributed by atoms with van der Waals surface area (Å²) in [7, 11) is 0. The standard InChI is InChI=1S/C18H34/c1-11(2)15(9)17(13(5)6)18(14(7)8)16(10)12(3)4/h11-14H,1-10H3. The summed E-state index contributed by atoms with van der Waals surface area (Å²) >= 11 is 0. The Morgan fingerprint density at radius 2 is 0.667 bits per heavy atom. The van der Waals surface area contributed by atoms with Gasteiger partial charge in [-0.15, -0.1) is 0 Å². The lowest BCUT2D eigenvalue weighted by Crippen LogP contribution is -2.13. The maximum Gasteiger partial charge on any atom is -0.0216 e. The average Bonchev–Trinajstić information content (AvgIpc) is 2.22. The zero-order valence-corrected chi connectivity index (χ0v) is 14.3. The van der Waals surface area contributed by atoms with Gasteiger partial charge in [0.1, 0.15) is 0 Å². The van der Waals surface area contributed by atoms with Crippen LogP contribution >= 0.6 is 0 Å². The molecule has 0 aliphatic heterocycles. The van der Waals surface area contributed by atoms with Crippen molar-refractivity contribution in [2.24, 2.45) is 23.7 Å². The lowest BCUT2D eigenvalue weighted by atomic mass is 9.78. The predicted molar refractivity (Wildman–Crippen MR) is 84.8 cm³/mol. The number of rotatable bonds is 5. The van der Waals surface area contributed by atoms with Gasteiger partial charge >= 0.3 is 0 Å². The molecule has 106 valence electrons. The van der Waals surface area contributed by atoms with Gasteiger partial charge in [0.25, 0.3) is 0 Å². The summed E-state index contributed by atoms with van der Waals surface area (Å²) in [5.41, 5.74) is 6.33. The zero-order valence-electron chi connectivity index (χ0n) is 14.3. The van der Waals surface area contributed by atoms with Gasteiger partial charge < -0.3 is 0 Å². The van der Waals surface area contributed by atoms with Crippen LogP contribution in [0.4, 0.5) is 0 Å². The zero-order chi connectivity index (χ0) is 14.6. The first-order chi connectivity index (χ1) is 8.11. The van der Waals surface area contributed by atoms with Crippen molar-refractivity contribution in [2.75, 3.05) is 0 Å². The molecular formula is C18H34. The van der Waals surface area contributed by atoms with Gasteiger partial charge in [0, 0.05) is 0 Å². The Morgan fingerprint density at radius 1 is 0.444 bits per heavy atom. The lowest BCUT2D eigenvalue weighted by Gasteiger charge is -2.27. The largest absolute Gasteiger partial charge is 0.0670 e. The van der Waals surface area contributed by atoms with E-state index >= 15 is 0 Å². The Balaban J connectivity index is 6.02. The molecule has 0 aliphatic carbocycles. The van der Waals surface area contributed by atoms with Crippen LogP contribution in [0.3, 0.4) is 0 Å². The summed E-state index contributed by atoms with van der Waals surface area (Å²) < 4.78 is 0. The van der Waals surface area contributed by atoms with Gasteiger partial charge in [0.15, 0.2) is 0 Å². The van der Waals surface area contributed by atoms with E-state index in [4.69, 9.17) is 0 Å². The fourth-order valence-electron chi connectivity index (χ4n) is 2.58. The van der Waals surface area contributed by atoms with Crippen LogP contribution in [0.25, 0.3) is 0 Å². The van der Waals surface area contributed by atoms with Gasteiger partial charge in [-0.3, -0.25) is 0 Å². The molecule has 0 fully saturated rings. The predicted octanol–water partition coefficient (Wildman–Crippen LogP) is 6.24. The summed E-state index contributed by atoms with van der Waals surface area (Å²) in [6.07, 6.45) is 0. The van der Waals surface area contributed by atoms with Gasteiger partial charge in [0.05, 0.1) is 0 Å². The Hall–Kier alpha value is -0.520. The van der Waals surface area contributed by atoms with Crippen LogP contribution < -0.4 is 0 Å².